The van der Waals surface area contributed by atoms with Crippen molar-refractivity contribution in [3.8, 4) is 11.1 Å². The van der Waals surface area contributed by atoms with Crippen molar-refractivity contribution < 1.29 is 0 Å². The van der Waals surface area contributed by atoms with E-state index in [1.807, 2.05) is 30.3 Å². The summed E-state index contributed by atoms with van der Waals surface area (Å²) in [6.07, 6.45) is 3.18. The van der Waals surface area contributed by atoms with Crippen LogP contribution >= 0.6 is 0 Å². The lowest BCUT2D eigenvalue weighted by molar-refractivity contribution is 1.21. The number of nitrogens with zero attached hydrogens (tertiary/aromatic N) is 2. The van der Waals surface area contributed by atoms with Crippen LogP contribution in [0.1, 0.15) is 0 Å². The largest absolute Gasteiger partial charge is 0.381 e. The van der Waals surface area contributed by atoms with Crippen molar-refractivity contribution in [1.29, 1.82) is 0 Å². The molecule has 0 amide bonds. The number of rotatable bonds is 3. The molecule has 0 saturated heterocycles. The van der Waals surface area contributed by atoms with Gasteiger partial charge in [0.15, 0.2) is 11.6 Å². The number of benzene rings is 2. The van der Waals surface area contributed by atoms with Crippen LogP contribution in [0, 0.1) is 0 Å². The van der Waals surface area contributed by atoms with Crippen molar-refractivity contribution in [3.05, 3.63) is 67.0 Å². The molecule has 0 saturated carbocycles. The lowest BCUT2D eigenvalue weighted by Gasteiger charge is -2.08. The first-order valence-electron chi connectivity index (χ1n) is 6.32. The minimum Gasteiger partial charge on any atom is -0.381 e. The number of aromatic nitrogens is 2. The maximum absolute atomic E-state index is 5.75. The molecule has 1 aromatic heterocycles. The second-order valence-electron chi connectivity index (χ2n) is 4.36. The van der Waals surface area contributed by atoms with Crippen molar-refractivity contribution in [2.24, 2.45) is 0 Å². The van der Waals surface area contributed by atoms with Crippen LogP contribution in [0.2, 0.25) is 0 Å². The maximum Gasteiger partial charge on any atom is 0.173 e. The Kier molecular flexibility index (Phi) is 3.29. The second-order valence-corrected chi connectivity index (χ2v) is 4.36. The number of nitrogen functional groups attached to an aromatic ring is 1. The smallest absolute Gasteiger partial charge is 0.173 e. The molecular formula is C16H14N4. The van der Waals surface area contributed by atoms with Crippen molar-refractivity contribution in [1.82, 2.24) is 9.97 Å². The van der Waals surface area contributed by atoms with Gasteiger partial charge in [-0.2, -0.15) is 0 Å². The Balaban J connectivity index is 1.82. The van der Waals surface area contributed by atoms with Crippen LogP contribution in [0.3, 0.4) is 0 Å². The van der Waals surface area contributed by atoms with Gasteiger partial charge in [-0.25, -0.2) is 9.97 Å². The molecule has 0 bridgehead atoms. The van der Waals surface area contributed by atoms with Gasteiger partial charge in [-0.1, -0.05) is 42.5 Å². The Morgan fingerprint density at radius 1 is 0.750 bits per heavy atom. The highest BCUT2D eigenvalue weighted by Gasteiger charge is 2.02. The van der Waals surface area contributed by atoms with Gasteiger partial charge < -0.3 is 11.1 Å². The second kappa shape index (κ2) is 5.40. The molecule has 3 aromatic rings. The Labute approximate surface area is 117 Å². The first kappa shape index (κ1) is 12.2. The summed E-state index contributed by atoms with van der Waals surface area (Å²) in [5, 5.41) is 3.15. The van der Waals surface area contributed by atoms with Crippen LogP contribution in [0.5, 0.6) is 0 Å². The van der Waals surface area contributed by atoms with E-state index in [1.54, 1.807) is 12.4 Å². The normalized spacial score (nSPS) is 10.2. The molecule has 4 heteroatoms. The zero-order chi connectivity index (χ0) is 13.8. The predicted molar refractivity (Wildman–Crippen MR) is 81.6 cm³/mol. The summed E-state index contributed by atoms with van der Waals surface area (Å²) in [6.45, 7) is 0. The van der Waals surface area contributed by atoms with Crippen LogP contribution in [0.15, 0.2) is 67.0 Å². The van der Waals surface area contributed by atoms with E-state index in [0.29, 0.717) is 11.6 Å². The van der Waals surface area contributed by atoms with Crippen LogP contribution in [-0.2, 0) is 0 Å². The Bertz CT molecular complexity index is 693. The number of hydrogen-bond donors (Lipinski definition) is 2. The van der Waals surface area contributed by atoms with Crippen molar-refractivity contribution in [2.75, 3.05) is 11.1 Å². The van der Waals surface area contributed by atoms with E-state index in [-0.39, 0.29) is 0 Å². The summed E-state index contributed by atoms with van der Waals surface area (Å²) in [4.78, 5) is 8.15. The monoisotopic (exact) mass is 262 g/mol. The van der Waals surface area contributed by atoms with Gasteiger partial charge in [0.1, 0.15) is 0 Å². The molecule has 0 aliphatic heterocycles. The molecule has 1 heterocycles. The third-order valence-corrected chi connectivity index (χ3v) is 2.98. The zero-order valence-electron chi connectivity index (χ0n) is 10.8. The topological polar surface area (TPSA) is 63.8 Å². The van der Waals surface area contributed by atoms with E-state index in [2.05, 4.69) is 39.6 Å². The SMILES string of the molecule is Nc1nccnc1Nc1ccc(-c2ccccc2)cc1. The van der Waals surface area contributed by atoms with Crippen molar-refractivity contribution in [3.63, 3.8) is 0 Å². The molecule has 3 N–H and O–H groups in total. The Hall–Kier alpha value is -2.88. The predicted octanol–water partition coefficient (Wildman–Crippen LogP) is 3.47. The molecule has 4 nitrogen and oxygen atoms in total. The molecule has 0 spiro atoms. The van der Waals surface area contributed by atoms with Crippen molar-refractivity contribution >= 4 is 17.3 Å². The van der Waals surface area contributed by atoms with E-state index in [4.69, 9.17) is 5.73 Å². The summed E-state index contributed by atoms with van der Waals surface area (Å²) < 4.78 is 0. The highest BCUT2D eigenvalue weighted by Crippen LogP contribution is 2.23. The third-order valence-electron chi connectivity index (χ3n) is 2.98. The fourth-order valence-electron chi connectivity index (χ4n) is 1.96. The van der Waals surface area contributed by atoms with E-state index in [9.17, 15) is 0 Å². The molecular weight excluding hydrogens is 248 g/mol. The first-order valence-corrected chi connectivity index (χ1v) is 6.32. The van der Waals surface area contributed by atoms with Gasteiger partial charge in [0.2, 0.25) is 0 Å². The van der Waals surface area contributed by atoms with E-state index in [0.717, 1.165) is 5.69 Å². The molecule has 3 rings (SSSR count). The van der Waals surface area contributed by atoms with Gasteiger partial charge >= 0.3 is 0 Å². The molecule has 98 valence electrons. The van der Waals surface area contributed by atoms with E-state index >= 15 is 0 Å². The average molecular weight is 262 g/mol. The van der Waals surface area contributed by atoms with Gasteiger partial charge in [0, 0.05) is 18.1 Å². The molecule has 0 aliphatic rings. The first-order chi connectivity index (χ1) is 9.83. The lowest BCUT2D eigenvalue weighted by Crippen LogP contribution is -2.00. The highest BCUT2D eigenvalue weighted by molar-refractivity contribution is 5.70. The fourth-order valence-corrected chi connectivity index (χ4v) is 1.96. The zero-order valence-corrected chi connectivity index (χ0v) is 10.8. The molecule has 2 aromatic carbocycles. The summed E-state index contributed by atoms with van der Waals surface area (Å²) in [5.41, 5.74) is 9.04. The minimum atomic E-state index is 0.389. The average Bonchev–Trinajstić information content (AvgIpc) is 2.51. The highest BCUT2D eigenvalue weighted by atomic mass is 15.0. The minimum absolute atomic E-state index is 0.389. The molecule has 0 aliphatic carbocycles. The fraction of sp³-hybridized carbons (Fsp3) is 0. The molecule has 0 unspecified atom stereocenters. The van der Waals surface area contributed by atoms with Gasteiger partial charge in [-0.3, -0.25) is 0 Å². The van der Waals surface area contributed by atoms with Gasteiger partial charge in [-0.05, 0) is 23.3 Å². The lowest BCUT2D eigenvalue weighted by atomic mass is 10.1. The number of anilines is 3. The summed E-state index contributed by atoms with van der Waals surface area (Å²) in [6, 6.07) is 18.4. The molecule has 20 heavy (non-hydrogen) atoms. The van der Waals surface area contributed by atoms with Crippen LogP contribution in [-0.4, -0.2) is 9.97 Å². The maximum atomic E-state index is 5.75. The molecule has 0 fully saturated rings. The van der Waals surface area contributed by atoms with Crippen molar-refractivity contribution in [2.45, 2.75) is 0 Å². The molecule has 0 atom stereocenters. The summed E-state index contributed by atoms with van der Waals surface area (Å²) >= 11 is 0. The van der Waals surface area contributed by atoms with Gasteiger partial charge in [0.25, 0.3) is 0 Å². The summed E-state index contributed by atoms with van der Waals surface area (Å²) in [7, 11) is 0. The standard InChI is InChI=1S/C16H14N4/c17-15-16(19-11-10-18-15)20-14-8-6-13(7-9-14)12-4-2-1-3-5-12/h1-11H,(H2,17,18)(H,19,20). The Morgan fingerprint density at radius 2 is 1.40 bits per heavy atom. The number of hydrogen-bond acceptors (Lipinski definition) is 4. The summed E-state index contributed by atoms with van der Waals surface area (Å²) in [5.74, 6) is 0.958. The van der Waals surface area contributed by atoms with Crippen LogP contribution < -0.4 is 11.1 Å². The number of nitrogens with two attached hydrogens (primary N) is 1. The third kappa shape index (κ3) is 2.59. The van der Waals surface area contributed by atoms with Gasteiger partial charge in [-0.15, -0.1) is 0 Å². The van der Waals surface area contributed by atoms with Crippen LogP contribution in [0.4, 0.5) is 17.3 Å². The van der Waals surface area contributed by atoms with E-state index in [1.165, 1.54) is 11.1 Å². The quantitative estimate of drug-likeness (QED) is 0.758. The van der Waals surface area contributed by atoms with Gasteiger partial charge in [0.05, 0.1) is 0 Å². The van der Waals surface area contributed by atoms with Crippen LogP contribution in [0.25, 0.3) is 11.1 Å². The molecule has 0 radical (unpaired) electrons. The number of nitrogens with one attached hydrogen (secondary N) is 1. The van der Waals surface area contributed by atoms with E-state index < -0.39 is 0 Å². The Morgan fingerprint density at radius 3 is 2.10 bits per heavy atom.